The molecule has 19 heavy (non-hydrogen) atoms. The van der Waals surface area contributed by atoms with Gasteiger partial charge in [0.15, 0.2) is 11.5 Å². The second-order valence-corrected chi connectivity index (χ2v) is 5.15. The van der Waals surface area contributed by atoms with Gasteiger partial charge >= 0.3 is 0 Å². The Morgan fingerprint density at radius 2 is 1.89 bits per heavy atom. The average molecular weight is 265 g/mol. The number of hydrogen-bond donors (Lipinski definition) is 1. The zero-order valence-corrected chi connectivity index (χ0v) is 12.0. The maximum atomic E-state index is 6.01. The fourth-order valence-electron chi connectivity index (χ4n) is 2.85. The summed E-state index contributed by atoms with van der Waals surface area (Å²) in [4.78, 5) is 0. The molecule has 0 aromatic heterocycles. The van der Waals surface area contributed by atoms with E-state index in [1.165, 1.54) is 6.42 Å². The van der Waals surface area contributed by atoms with Crippen molar-refractivity contribution >= 4 is 0 Å². The van der Waals surface area contributed by atoms with Crippen LogP contribution in [-0.4, -0.2) is 27.9 Å². The number of methoxy groups -OCH3 is 3. The van der Waals surface area contributed by atoms with E-state index in [1.54, 1.807) is 21.3 Å². The topological polar surface area (TPSA) is 53.7 Å². The standard InChI is InChI=1S/C15H23NO3/c1-17-9-11-7-12(15(10-16)5-4-6-15)14(19-3)13(8-11)18-2/h7-8H,4-6,9-10,16H2,1-3H3. The Hall–Kier alpha value is -1.26. The van der Waals surface area contributed by atoms with Crippen LogP contribution in [0, 0.1) is 0 Å². The maximum absolute atomic E-state index is 6.01. The van der Waals surface area contributed by atoms with Gasteiger partial charge in [0.25, 0.3) is 0 Å². The Bertz CT molecular complexity index is 436. The van der Waals surface area contributed by atoms with Crippen molar-refractivity contribution in [1.29, 1.82) is 0 Å². The zero-order chi connectivity index (χ0) is 13.9. The monoisotopic (exact) mass is 265 g/mol. The van der Waals surface area contributed by atoms with Crippen LogP contribution in [0.25, 0.3) is 0 Å². The van der Waals surface area contributed by atoms with Crippen molar-refractivity contribution in [2.45, 2.75) is 31.3 Å². The second kappa shape index (κ2) is 5.80. The van der Waals surface area contributed by atoms with Crippen LogP contribution in [0.4, 0.5) is 0 Å². The Balaban J connectivity index is 2.52. The summed E-state index contributed by atoms with van der Waals surface area (Å²) in [7, 11) is 5.03. The van der Waals surface area contributed by atoms with Gasteiger partial charge in [0.05, 0.1) is 20.8 Å². The first-order valence-corrected chi connectivity index (χ1v) is 6.65. The van der Waals surface area contributed by atoms with E-state index in [0.29, 0.717) is 13.2 Å². The molecule has 106 valence electrons. The lowest BCUT2D eigenvalue weighted by molar-refractivity contribution is 0.183. The molecule has 0 heterocycles. The molecule has 0 unspecified atom stereocenters. The molecule has 4 nitrogen and oxygen atoms in total. The molecular formula is C15H23NO3. The van der Waals surface area contributed by atoms with Gasteiger partial charge in [-0.1, -0.05) is 6.42 Å². The quantitative estimate of drug-likeness (QED) is 0.857. The number of hydrogen-bond acceptors (Lipinski definition) is 4. The molecule has 1 fully saturated rings. The number of benzene rings is 1. The molecule has 2 N–H and O–H groups in total. The second-order valence-electron chi connectivity index (χ2n) is 5.15. The van der Waals surface area contributed by atoms with Crippen LogP contribution in [0.5, 0.6) is 11.5 Å². The highest BCUT2D eigenvalue weighted by Crippen LogP contribution is 2.49. The van der Waals surface area contributed by atoms with Crippen LogP contribution in [-0.2, 0) is 16.8 Å². The van der Waals surface area contributed by atoms with Gasteiger partial charge in [0, 0.05) is 24.6 Å². The van der Waals surface area contributed by atoms with Gasteiger partial charge in [-0.05, 0) is 30.5 Å². The Morgan fingerprint density at radius 3 is 2.32 bits per heavy atom. The van der Waals surface area contributed by atoms with Crippen molar-refractivity contribution < 1.29 is 14.2 Å². The fourth-order valence-corrected chi connectivity index (χ4v) is 2.85. The first-order valence-electron chi connectivity index (χ1n) is 6.65. The van der Waals surface area contributed by atoms with Gasteiger partial charge in [-0.15, -0.1) is 0 Å². The summed E-state index contributed by atoms with van der Waals surface area (Å²) in [6.45, 7) is 1.21. The van der Waals surface area contributed by atoms with E-state index in [2.05, 4.69) is 6.07 Å². The summed E-state index contributed by atoms with van der Waals surface area (Å²) in [5.41, 5.74) is 8.31. The first kappa shape index (κ1) is 14.2. The highest BCUT2D eigenvalue weighted by Gasteiger charge is 2.40. The molecular weight excluding hydrogens is 242 g/mol. The van der Waals surface area contributed by atoms with Gasteiger partial charge in [-0.25, -0.2) is 0 Å². The average Bonchev–Trinajstić information content (AvgIpc) is 2.38. The van der Waals surface area contributed by atoms with Crippen LogP contribution in [0.3, 0.4) is 0 Å². The van der Waals surface area contributed by atoms with Gasteiger partial charge in [-0.3, -0.25) is 0 Å². The van der Waals surface area contributed by atoms with E-state index < -0.39 is 0 Å². The molecule has 1 aliphatic rings. The van der Waals surface area contributed by atoms with E-state index >= 15 is 0 Å². The SMILES string of the molecule is COCc1cc(OC)c(OC)c(C2(CN)CCC2)c1. The van der Waals surface area contributed by atoms with Crippen LogP contribution in [0.2, 0.25) is 0 Å². The molecule has 1 aliphatic carbocycles. The third kappa shape index (κ3) is 2.42. The van der Waals surface area contributed by atoms with Crippen molar-refractivity contribution in [3.05, 3.63) is 23.3 Å². The molecule has 0 spiro atoms. The summed E-state index contributed by atoms with van der Waals surface area (Å²) < 4.78 is 16.2. The minimum atomic E-state index is 0.0440. The molecule has 1 aromatic carbocycles. The lowest BCUT2D eigenvalue weighted by Gasteiger charge is -2.42. The van der Waals surface area contributed by atoms with E-state index in [0.717, 1.165) is 35.5 Å². The predicted octanol–water partition coefficient (Wildman–Crippen LogP) is 2.23. The molecule has 4 heteroatoms. The fraction of sp³-hybridized carbons (Fsp3) is 0.600. The zero-order valence-electron chi connectivity index (χ0n) is 12.0. The normalized spacial score (nSPS) is 16.8. The molecule has 0 saturated heterocycles. The van der Waals surface area contributed by atoms with Crippen molar-refractivity contribution in [3.63, 3.8) is 0 Å². The summed E-state index contributed by atoms with van der Waals surface area (Å²) in [5, 5.41) is 0. The van der Waals surface area contributed by atoms with E-state index in [1.807, 2.05) is 6.07 Å². The summed E-state index contributed by atoms with van der Waals surface area (Å²) in [6.07, 6.45) is 3.44. The number of rotatable bonds is 6. The largest absolute Gasteiger partial charge is 0.493 e. The third-order valence-corrected chi connectivity index (χ3v) is 4.12. The molecule has 2 rings (SSSR count). The van der Waals surface area contributed by atoms with E-state index in [4.69, 9.17) is 19.9 Å². The van der Waals surface area contributed by atoms with E-state index in [-0.39, 0.29) is 5.41 Å². The van der Waals surface area contributed by atoms with Crippen LogP contribution in [0.1, 0.15) is 30.4 Å². The van der Waals surface area contributed by atoms with Crippen molar-refractivity contribution in [3.8, 4) is 11.5 Å². The predicted molar refractivity (Wildman–Crippen MR) is 74.8 cm³/mol. The summed E-state index contributed by atoms with van der Waals surface area (Å²) >= 11 is 0. The van der Waals surface area contributed by atoms with E-state index in [9.17, 15) is 0 Å². The first-order chi connectivity index (χ1) is 9.20. The van der Waals surface area contributed by atoms with Gasteiger partial charge in [0.1, 0.15) is 0 Å². The van der Waals surface area contributed by atoms with Crippen LogP contribution >= 0.6 is 0 Å². The Labute approximate surface area is 114 Å². The minimum Gasteiger partial charge on any atom is -0.493 e. The summed E-state index contributed by atoms with van der Waals surface area (Å²) in [5.74, 6) is 1.57. The van der Waals surface area contributed by atoms with Crippen molar-refractivity contribution in [1.82, 2.24) is 0 Å². The lowest BCUT2D eigenvalue weighted by Crippen LogP contribution is -2.41. The highest BCUT2D eigenvalue weighted by atomic mass is 16.5. The molecule has 0 aliphatic heterocycles. The van der Waals surface area contributed by atoms with Gasteiger partial charge in [0.2, 0.25) is 0 Å². The molecule has 0 radical (unpaired) electrons. The van der Waals surface area contributed by atoms with Gasteiger partial charge in [-0.2, -0.15) is 0 Å². The smallest absolute Gasteiger partial charge is 0.164 e. The van der Waals surface area contributed by atoms with Crippen LogP contribution < -0.4 is 15.2 Å². The Kier molecular flexibility index (Phi) is 4.32. The Morgan fingerprint density at radius 1 is 1.16 bits per heavy atom. The third-order valence-electron chi connectivity index (χ3n) is 4.12. The molecule has 0 bridgehead atoms. The highest BCUT2D eigenvalue weighted by molar-refractivity contribution is 5.53. The summed E-state index contributed by atoms with van der Waals surface area (Å²) in [6, 6.07) is 4.12. The minimum absolute atomic E-state index is 0.0440. The maximum Gasteiger partial charge on any atom is 0.164 e. The van der Waals surface area contributed by atoms with Crippen LogP contribution in [0.15, 0.2) is 12.1 Å². The lowest BCUT2D eigenvalue weighted by atomic mass is 9.64. The number of ether oxygens (including phenoxy) is 3. The molecule has 0 amide bonds. The molecule has 0 atom stereocenters. The number of nitrogens with two attached hydrogens (primary N) is 1. The van der Waals surface area contributed by atoms with Crippen molar-refractivity contribution in [2.75, 3.05) is 27.9 Å². The van der Waals surface area contributed by atoms with Crippen molar-refractivity contribution in [2.24, 2.45) is 5.73 Å². The van der Waals surface area contributed by atoms with Gasteiger partial charge < -0.3 is 19.9 Å². The molecule has 1 saturated carbocycles. The molecule has 1 aromatic rings.